The van der Waals surface area contributed by atoms with Gasteiger partial charge >= 0.3 is 17.9 Å². The van der Waals surface area contributed by atoms with Crippen LogP contribution in [-0.4, -0.2) is 202 Å². The van der Waals surface area contributed by atoms with Gasteiger partial charge in [-0.1, -0.05) is 327 Å². The molecule has 0 radical (unpaired) electrons. The number of cyclic esters (lactones) is 2. The first-order valence-corrected chi connectivity index (χ1v) is 52.8. The van der Waals surface area contributed by atoms with Crippen molar-refractivity contribution in [3.05, 3.63) is 107 Å². The molecule has 2 unspecified atom stereocenters. The Morgan fingerprint density at radius 3 is 1.57 bits per heavy atom. The molecule has 2 fully saturated rings. The molecule has 22 nitrogen and oxygen atoms in total. The predicted molar refractivity (Wildman–Crippen MR) is 562 cm³/mol. The van der Waals surface area contributed by atoms with Crippen LogP contribution in [0.4, 0.5) is 0 Å². The van der Waals surface area contributed by atoms with Crippen LogP contribution in [0.3, 0.4) is 0 Å². The first kappa shape index (κ1) is 145. The molecule has 135 heavy (non-hydrogen) atoms. The molecule has 1 spiro atoms. The number of hydrogen-bond acceptors (Lipinski definition) is 22. The van der Waals surface area contributed by atoms with E-state index in [-0.39, 0.29) is 110 Å². The lowest BCUT2D eigenvalue weighted by Gasteiger charge is -2.48. The van der Waals surface area contributed by atoms with Crippen LogP contribution in [0, 0.1) is 59.2 Å². The second-order valence-corrected chi connectivity index (χ2v) is 32.8. The molecule has 6 aliphatic heterocycles. The number of hydrogen-bond donors (Lipinski definition) is 3. The van der Waals surface area contributed by atoms with Crippen molar-refractivity contribution in [1.82, 2.24) is 0 Å². The van der Waals surface area contributed by atoms with Gasteiger partial charge in [-0.05, 0) is 126 Å². The standard InChI is InChI=1S/C37H54O8.C26H42O7.C23H36O7.3C3H8.9C2H6/c1-9-22(3)32-25(6)16-17-36(45-32)20-29-19-28(44-36)15-14-24(5)31(41-10-2)23(4)12-11-13-27-21-42-34-33(40-8)26(7)18-30(35(38)43-29)37(27,34)39;1-7-24-21(16-31-6)13-17(3)9-10-22(28)18(4)14-20(11-12-27)26(32-8-2)19(5)23(29)15-25(30)33-24;1-5-13-29-22-18(11-12-24)14-16(2)19(25)10-8-6-7-9-17(3)30-21(27)15-20(26)23(22)28-4;3*1-3-2;9*1-2/h11-14,16-18,22-23,25,28-34,39H,9-10,15,19-21H2,1-8H3;9-10,12-13,18-21,23-24,26,29H,7-8,11,14-16H2,1-6H3;6-8,10,12,16-18,20,22-23,26H,5,9,11,13-15H2,1-4H3;3*3H2,1-2H3;9*1-2H3/b12-11+,24-14+,27-13+;10-9+,17-13+;7-6+,10-8+;;;;;;;;;;;;/t22?,23-,25-,28+,29-,30-,31-,32+,33?,34+,36+,37+;18-,19+,20+,21-,23-,24+,26-;16-,17-,18+,20-,22+,23+;;;;;;;;;;;;/m011............/s1. The van der Waals surface area contributed by atoms with Crippen molar-refractivity contribution in [3.63, 3.8) is 0 Å². The van der Waals surface area contributed by atoms with Gasteiger partial charge in [-0.25, -0.2) is 0 Å². The maximum atomic E-state index is 14.2. The smallest absolute Gasteiger partial charge is 0.316 e. The highest BCUT2D eigenvalue weighted by atomic mass is 16.7. The Hall–Kier alpha value is -5.73. The minimum Gasteiger partial charge on any atom is -0.462 e. The fourth-order valence-electron chi connectivity index (χ4n) is 16.0. The van der Waals surface area contributed by atoms with E-state index in [1.807, 2.05) is 217 Å². The van der Waals surface area contributed by atoms with E-state index in [1.165, 1.54) is 32.4 Å². The van der Waals surface area contributed by atoms with Gasteiger partial charge in [0.2, 0.25) is 0 Å². The molecule has 0 aromatic carbocycles. The molecular weight excluding hydrogens is 1710 g/mol. The Kier molecular flexibility index (Phi) is 97.3. The third-order valence-electron chi connectivity index (χ3n) is 22.1. The molecule has 6 heterocycles. The van der Waals surface area contributed by atoms with Crippen LogP contribution in [-0.2, 0) is 90.4 Å². The number of ketones is 2. The molecule has 25 atom stereocenters. The van der Waals surface area contributed by atoms with Crippen LogP contribution >= 0.6 is 0 Å². The minimum absolute atomic E-state index is 0.0140. The lowest BCUT2D eigenvalue weighted by molar-refractivity contribution is -0.300. The number of carbonyl (C=O) groups is 7. The lowest BCUT2D eigenvalue weighted by atomic mass is 9.70. The molecule has 22 heteroatoms. The summed E-state index contributed by atoms with van der Waals surface area (Å²) in [7, 11) is 4.62. The van der Waals surface area contributed by atoms with E-state index < -0.39 is 96.1 Å². The monoisotopic (exact) mass is 1920 g/mol. The van der Waals surface area contributed by atoms with E-state index >= 15 is 0 Å². The number of aldehydes is 2. The van der Waals surface area contributed by atoms with E-state index in [0.717, 1.165) is 42.1 Å². The molecule has 7 rings (SSSR count). The van der Waals surface area contributed by atoms with Crippen LogP contribution < -0.4 is 0 Å². The number of rotatable bonds is 18. The largest absolute Gasteiger partial charge is 0.462 e. The zero-order valence-corrected chi connectivity index (χ0v) is 94.0. The van der Waals surface area contributed by atoms with Crippen LogP contribution in [0.25, 0.3) is 0 Å². The average molecular weight is 1920 g/mol. The molecule has 0 aromatic heterocycles. The molecule has 2 saturated heterocycles. The summed E-state index contributed by atoms with van der Waals surface area (Å²) in [5.41, 5.74) is 1.83. The molecule has 0 aromatic rings. The molecule has 7 aliphatic rings. The lowest BCUT2D eigenvalue weighted by Crippen LogP contribution is -2.58. The SMILES string of the molecule is CC.CC.CC.CC.CC.CC.CC.CC.CC.CCC.CCC.CCC.CCCO[C@H]1[C@@H](CC=O)C[C@@H](C)C(=O)/C=C/C=C/C[C@@H](C)OC(=O)C[C@@H](O)[C@@H]1OC.CCO[C@@H]1/C(C)=C/C[C@@H]2C[C@@H](C[C@]3(C=C[C@H](C)[C@@H](C(C)CC)O3)O2)OC(=O)[C@@H]2C=C(C)C(OC)[C@H]3OC/C(=C\C=C\[C@@H]1C)[C@]32O.CCO[C@H]1[C@@H](CC=O)C[C@@H](C)C(=O)/C=C/C(C)=C/[C@H](COC)[C@H](CC)OC(=O)C[C@@H](O)[C@@H]1C. The zero-order chi connectivity index (χ0) is 106. The van der Waals surface area contributed by atoms with Crippen LogP contribution in [0.2, 0.25) is 0 Å². The van der Waals surface area contributed by atoms with Crippen LogP contribution in [0.15, 0.2) is 107 Å². The molecule has 0 amide bonds. The van der Waals surface area contributed by atoms with Gasteiger partial charge in [-0.3, -0.25) is 24.0 Å². The summed E-state index contributed by atoms with van der Waals surface area (Å²) in [6.45, 7) is 80.2. The Bertz CT molecular complexity index is 3200. The Labute approximate surface area is 827 Å². The summed E-state index contributed by atoms with van der Waals surface area (Å²) in [5.74, 6) is -4.75. The van der Waals surface area contributed by atoms with Crippen molar-refractivity contribution in [1.29, 1.82) is 0 Å². The van der Waals surface area contributed by atoms with E-state index in [0.29, 0.717) is 82.9 Å². The summed E-state index contributed by atoms with van der Waals surface area (Å²) in [5, 5.41) is 34.0. The first-order chi connectivity index (χ1) is 64.7. The highest BCUT2D eigenvalue weighted by molar-refractivity contribution is 5.92. The zero-order valence-electron chi connectivity index (χ0n) is 94.0. The number of aliphatic hydroxyl groups is 3. The van der Waals surface area contributed by atoms with Gasteiger partial charge in [0.25, 0.3) is 0 Å². The van der Waals surface area contributed by atoms with Gasteiger partial charge in [0.1, 0.15) is 60.7 Å². The highest BCUT2D eigenvalue weighted by Crippen LogP contribution is 2.48. The van der Waals surface area contributed by atoms with Gasteiger partial charge in [-0.15, -0.1) is 0 Å². The van der Waals surface area contributed by atoms with E-state index in [1.54, 1.807) is 51.5 Å². The summed E-state index contributed by atoms with van der Waals surface area (Å²) in [6.07, 6.45) is 29.6. The number of allylic oxidation sites excluding steroid dienone is 8. The van der Waals surface area contributed by atoms with Gasteiger partial charge in [0.15, 0.2) is 17.4 Å². The molecule has 3 N–H and O–H groups in total. The Balaban J connectivity index is -0.000000268. The molecule has 0 saturated carbocycles. The maximum absolute atomic E-state index is 14.2. The second-order valence-electron chi connectivity index (χ2n) is 32.8. The Morgan fingerprint density at radius 2 is 1.07 bits per heavy atom. The summed E-state index contributed by atoms with van der Waals surface area (Å²) < 4.78 is 72.0. The molecular formula is C113H210O22. The molecule has 2 bridgehead atoms. The van der Waals surface area contributed by atoms with Crippen molar-refractivity contribution in [2.24, 2.45) is 59.2 Å². The fourth-order valence-corrected chi connectivity index (χ4v) is 16.0. The van der Waals surface area contributed by atoms with E-state index in [4.69, 9.17) is 56.8 Å². The van der Waals surface area contributed by atoms with E-state index in [9.17, 15) is 48.9 Å². The number of esters is 3. The van der Waals surface area contributed by atoms with Crippen molar-refractivity contribution >= 4 is 42.0 Å². The van der Waals surface area contributed by atoms with Crippen molar-refractivity contribution in [2.45, 2.75) is 463 Å². The van der Waals surface area contributed by atoms with Gasteiger partial charge < -0.3 is 81.8 Å². The fraction of sp³-hybridized carbons (Fsp3) is 0.779. The average Bonchev–Trinajstić information content (AvgIpc) is 1.57. The Morgan fingerprint density at radius 1 is 0.548 bits per heavy atom. The van der Waals surface area contributed by atoms with Crippen LogP contribution in [0.1, 0.15) is 373 Å². The van der Waals surface area contributed by atoms with Crippen molar-refractivity contribution in [3.8, 4) is 0 Å². The number of methoxy groups -OCH3 is 3. The van der Waals surface area contributed by atoms with Gasteiger partial charge in [-0.2, -0.15) is 0 Å². The topological polar surface area (TPSA) is 291 Å². The summed E-state index contributed by atoms with van der Waals surface area (Å²) >= 11 is 0. The number of ether oxygens (including phenoxy) is 12. The van der Waals surface area contributed by atoms with Gasteiger partial charge in [0.05, 0.1) is 68.8 Å². The van der Waals surface area contributed by atoms with Crippen molar-refractivity contribution in [2.75, 3.05) is 54.4 Å². The first-order valence-electron chi connectivity index (χ1n) is 52.8. The van der Waals surface area contributed by atoms with E-state index in [2.05, 4.69) is 94.4 Å². The predicted octanol–water partition coefficient (Wildman–Crippen LogP) is 26.0. The van der Waals surface area contributed by atoms with Crippen molar-refractivity contribution < 1.29 is 106 Å². The third kappa shape index (κ3) is 54.8. The summed E-state index contributed by atoms with van der Waals surface area (Å²) in [4.78, 5) is 87.2. The molecule has 794 valence electrons. The highest BCUT2D eigenvalue weighted by Gasteiger charge is 2.61. The third-order valence-corrected chi connectivity index (χ3v) is 22.1. The number of carbonyl (C=O) groups excluding carboxylic acids is 7. The van der Waals surface area contributed by atoms with Crippen LogP contribution in [0.5, 0.6) is 0 Å². The molecule has 1 aliphatic carbocycles. The number of aliphatic hydroxyl groups excluding tert-OH is 2. The second kappa shape index (κ2) is 90.8. The maximum Gasteiger partial charge on any atom is 0.316 e. The normalized spacial score (nSPS) is 32.3. The quantitative estimate of drug-likeness (QED) is 0.0497. The van der Waals surface area contributed by atoms with Gasteiger partial charge in [0, 0.05) is 109 Å². The minimum atomic E-state index is -1.61. The number of fused-ring (bicyclic) bond motifs is 2. The summed E-state index contributed by atoms with van der Waals surface area (Å²) in [6, 6.07) is 0.